The van der Waals surface area contributed by atoms with Crippen LogP contribution < -0.4 is 4.74 Å². The number of ether oxygens (including phenoxy) is 1. The minimum absolute atomic E-state index is 0.348. The van der Waals surface area contributed by atoms with Gasteiger partial charge in [-0.3, -0.25) is 0 Å². The molecule has 0 aliphatic rings. The molecule has 0 saturated heterocycles. The van der Waals surface area contributed by atoms with Gasteiger partial charge in [0.05, 0.1) is 5.52 Å². The molecule has 0 aliphatic carbocycles. The molecule has 0 fully saturated rings. The first-order valence-corrected chi connectivity index (χ1v) is 5.29. The van der Waals surface area contributed by atoms with Gasteiger partial charge in [0, 0.05) is 11.5 Å². The van der Waals surface area contributed by atoms with Crippen molar-refractivity contribution in [3.8, 4) is 5.88 Å². The Bertz CT molecular complexity index is 578. The van der Waals surface area contributed by atoms with Gasteiger partial charge in [0.2, 0.25) is 5.88 Å². The minimum atomic E-state index is -1.01. The third-order valence-electron chi connectivity index (χ3n) is 2.49. The highest BCUT2D eigenvalue weighted by Gasteiger charge is 2.05. The summed E-state index contributed by atoms with van der Waals surface area (Å²) in [5.41, 5.74) is 3.01. The standard InChI is InChI=1S/C13H13NO3/c1-8-3-4-11-10(5-8)9(2)6-12(14-11)17-7-13(15)16/h3-6H,7H2,1-2H3,(H,15,16). The predicted octanol–water partition coefficient (Wildman–Crippen LogP) is 2.32. The summed E-state index contributed by atoms with van der Waals surface area (Å²) in [4.78, 5) is 14.7. The molecular formula is C13H13NO3. The number of rotatable bonds is 3. The molecule has 0 atom stereocenters. The van der Waals surface area contributed by atoms with E-state index >= 15 is 0 Å². The van der Waals surface area contributed by atoms with Gasteiger partial charge in [-0.05, 0) is 31.5 Å². The number of carboxylic acid groups (broad SMARTS) is 1. The smallest absolute Gasteiger partial charge is 0.341 e. The van der Waals surface area contributed by atoms with Crippen LogP contribution in [0, 0.1) is 13.8 Å². The number of aromatic nitrogens is 1. The van der Waals surface area contributed by atoms with Crippen molar-refractivity contribution in [2.24, 2.45) is 0 Å². The molecule has 0 aliphatic heterocycles. The van der Waals surface area contributed by atoms with E-state index in [0.29, 0.717) is 5.88 Å². The second-order valence-electron chi connectivity index (χ2n) is 3.98. The Morgan fingerprint density at radius 2 is 2.12 bits per heavy atom. The number of pyridine rings is 1. The summed E-state index contributed by atoms with van der Waals surface area (Å²) >= 11 is 0. The number of aryl methyl sites for hydroxylation is 2. The topological polar surface area (TPSA) is 59.4 Å². The highest BCUT2D eigenvalue weighted by molar-refractivity contribution is 5.83. The SMILES string of the molecule is Cc1ccc2nc(OCC(=O)O)cc(C)c2c1. The Balaban J connectivity index is 2.41. The van der Waals surface area contributed by atoms with Crippen LogP contribution in [0.5, 0.6) is 5.88 Å². The lowest BCUT2D eigenvalue weighted by molar-refractivity contribution is -0.139. The number of hydrogen-bond acceptors (Lipinski definition) is 3. The van der Waals surface area contributed by atoms with Crippen LogP contribution in [-0.4, -0.2) is 22.7 Å². The van der Waals surface area contributed by atoms with Crippen LogP contribution in [0.2, 0.25) is 0 Å². The van der Waals surface area contributed by atoms with Crippen LogP contribution in [0.3, 0.4) is 0 Å². The molecule has 2 aromatic rings. The van der Waals surface area contributed by atoms with Crippen molar-refractivity contribution in [3.05, 3.63) is 35.4 Å². The fourth-order valence-corrected chi connectivity index (χ4v) is 1.69. The maximum absolute atomic E-state index is 10.4. The fraction of sp³-hybridized carbons (Fsp3) is 0.231. The minimum Gasteiger partial charge on any atom is -0.479 e. The summed E-state index contributed by atoms with van der Waals surface area (Å²) in [5, 5.41) is 9.60. The number of carbonyl (C=O) groups is 1. The van der Waals surface area contributed by atoms with Gasteiger partial charge in [0.1, 0.15) is 0 Å². The average molecular weight is 231 g/mol. The highest BCUT2D eigenvalue weighted by Crippen LogP contribution is 2.22. The molecule has 0 radical (unpaired) electrons. The first kappa shape index (κ1) is 11.4. The number of aliphatic carboxylic acids is 1. The van der Waals surface area contributed by atoms with Crippen LogP contribution >= 0.6 is 0 Å². The summed E-state index contributed by atoms with van der Waals surface area (Å²) in [5.74, 6) is -0.658. The molecule has 4 heteroatoms. The third kappa shape index (κ3) is 2.53. The number of carboxylic acids is 1. The van der Waals surface area contributed by atoms with E-state index in [1.165, 1.54) is 5.56 Å². The van der Waals surface area contributed by atoms with Crippen LogP contribution in [0.25, 0.3) is 10.9 Å². The molecule has 17 heavy (non-hydrogen) atoms. The van der Waals surface area contributed by atoms with Gasteiger partial charge >= 0.3 is 5.97 Å². The van der Waals surface area contributed by atoms with Crippen LogP contribution in [0.1, 0.15) is 11.1 Å². The van der Waals surface area contributed by atoms with E-state index < -0.39 is 5.97 Å². The second-order valence-corrected chi connectivity index (χ2v) is 3.98. The summed E-state index contributed by atoms with van der Waals surface area (Å²) < 4.78 is 5.08. The zero-order chi connectivity index (χ0) is 12.4. The quantitative estimate of drug-likeness (QED) is 0.880. The second kappa shape index (κ2) is 4.41. The van der Waals surface area contributed by atoms with Crippen molar-refractivity contribution in [2.75, 3.05) is 6.61 Å². The van der Waals surface area contributed by atoms with E-state index in [0.717, 1.165) is 16.5 Å². The average Bonchev–Trinajstić information content (AvgIpc) is 2.27. The van der Waals surface area contributed by atoms with Crippen LogP contribution in [-0.2, 0) is 4.79 Å². The van der Waals surface area contributed by atoms with Gasteiger partial charge in [-0.1, -0.05) is 11.6 Å². The van der Waals surface area contributed by atoms with E-state index in [4.69, 9.17) is 9.84 Å². The monoisotopic (exact) mass is 231 g/mol. The van der Waals surface area contributed by atoms with Crippen LogP contribution in [0.15, 0.2) is 24.3 Å². The zero-order valence-electron chi connectivity index (χ0n) is 9.73. The van der Waals surface area contributed by atoms with Crippen molar-refractivity contribution in [1.29, 1.82) is 0 Å². The molecule has 1 aromatic heterocycles. The Hall–Kier alpha value is -2.10. The number of benzene rings is 1. The van der Waals surface area contributed by atoms with E-state index in [9.17, 15) is 4.79 Å². The molecule has 0 spiro atoms. The third-order valence-corrected chi connectivity index (χ3v) is 2.49. The van der Waals surface area contributed by atoms with E-state index in [1.807, 2.05) is 26.0 Å². The first-order chi connectivity index (χ1) is 8.06. The van der Waals surface area contributed by atoms with Gasteiger partial charge in [-0.2, -0.15) is 0 Å². The predicted molar refractivity (Wildman–Crippen MR) is 64.3 cm³/mol. The van der Waals surface area contributed by atoms with Crippen LogP contribution in [0.4, 0.5) is 0 Å². The van der Waals surface area contributed by atoms with Gasteiger partial charge in [-0.15, -0.1) is 0 Å². The van der Waals surface area contributed by atoms with E-state index in [2.05, 4.69) is 11.1 Å². The maximum Gasteiger partial charge on any atom is 0.341 e. The molecule has 0 unspecified atom stereocenters. The highest BCUT2D eigenvalue weighted by atomic mass is 16.5. The molecule has 0 saturated carbocycles. The Morgan fingerprint density at radius 1 is 1.35 bits per heavy atom. The first-order valence-electron chi connectivity index (χ1n) is 5.29. The maximum atomic E-state index is 10.4. The van der Waals surface area contributed by atoms with Gasteiger partial charge in [0.25, 0.3) is 0 Å². The Kier molecular flexibility index (Phi) is 2.95. The zero-order valence-corrected chi connectivity index (χ0v) is 9.73. The summed E-state index contributed by atoms with van der Waals surface area (Å²) in [6.45, 7) is 3.61. The van der Waals surface area contributed by atoms with Crippen molar-refractivity contribution < 1.29 is 14.6 Å². The fourth-order valence-electron chi connectivity index (χ4n) is 1.69. The number of hydrogen-bond donors (Lipinski definition) is 1. The lowest BCUT2D eigenvalue weighted by Gasteiger charge is -2.07. The lowest BCUT2D eigenvalue weighted by atomic mass is 10.1. The number of nitrogens with zero attached hydrogens (tertiary/aromatic N) is 1. The molecule has 0 amide bonds. The summed E-state index contributed by atoms with van der Waals surface area (Å²) in [6, 6.07) is 7.68. The molecule has 4 nitrogen and oxygen atoms in total. The van der Waals surface area contributed by atoms with E-state index in [1.54, 1.807) is 6.07 Å². The molecule has 1 N–H and O–H groups in total. The molecule has 0 bridgehead atoms. The Morgan fingerprint density at radius 3 is 2.82 bits per heavy atom. The largest absolute Gasteiger partial charge is 0.479 e. The molecule has 1 heterocycles. The lowest BCUT2D eigenvalue weighted by Crippen LogP contribution is -2.10. The normalized spacial score (nSPS) is 10.5. The van der Waals surface area contributed by atoms with Gasteiger partial charge in [-0.25, -0.2) is 9.78 Å². The molecular weight excluding hydrogens is 218 g/mol. The molecule has 88 valence electrons. The number of fused-ring (bicyclic) bond motifs is 1. The summed E-state index contributed by atoms with van der Waals surface area (Å²) in [7, 11) is 0. The summed E-state index contributed by atoms with van der Waals surface area (Å²) in [6.07, 6.45) is 0. The molecule has 2 rings (SSSR count). The van der Waals surface area contributed by atoms with Crippen molar-refractivity contribution in [3.63, 3.8) is 0 Å². The van der Waals surface area contributed by atoms with Gasteiger partial charge in [0.15, 0.2) is 6.61 Å². The van der Waals surface area contributed by atoms with Crippen molar-refractivity contribution in [1.82, 2.24) is 4.98 Å². The van der Waals surface area contributed by atoms with Crippen molar-refractivity contribution in [2.45, 2.75) is 13.8 Å². The molecule has 1 aromatic carbocycles. The van der Waals surface area contributed by atoms with E-state index in [-0.39, 0.29) is 6.61 Å². The van der Waals surface area contributed by atoms with Crippen molar-refractivity contribution >= 4 is 16.9 Å². The Labute approximate surface area is 98.9 Å². The van der Waals surface area contributed by atoms with Gasteiger partial charge < -0.3 is 9.84 Å².